The van der Waals surface area contributed by atoms with Gasteiger partial charge in [-0.15, -0.1) is 0 Å². The van der Waals surface area contributed by atoms with Gasteiger partial charge in [-0.1, -0.05) is 0 Å². The lowest BCUT2D eigenvalue weighted by Gasteiger charge is -1.87. The molecule has 9 heavy (non-hydrogen) atoms. The van der Waals surface area contributed by atoms with Gasteiger partial charge in [0, 0.05) is 0 Å². The van der Waals surface area contributed by atoms with Gasteiger partial charge in [0.1, 0.15) is 11.9 Å². The largest absolute Gasteiger partial charge is 0.466 e. The summed E-state index contributed by atoms with van der Waals surface area (Å²) in [5.74, 6) is 0.995. The molecule has 2 heterocycles. The third kappa shape index (κ3) is 0.754. The van der Waals surface area contributed by atoms with Gasteiger partial charge in [0.05, 0.1) is 12.9 Å². The summed E-state index contributed by atoms with van der Waals surface area (Å²) in [6.45, 7) is 2.86. The highest BCUT2D eigenvalue weighted by atomic mass is 16.6. The molecule has 1 aromatic heterocycles. The van der Waals surface area contributed by atoms with E-state index in [9.17, 15) is 0 Å². The summed E-state index contributed by atoms with van der Waals surface area (Å²) in [5.41, 5.74) is 1.19. The molecule has 0 saturated carbocycles. The van der Waals surface area contributed by atoms with E-state index in [4.69, 9.17) is 9.15 Å². The van der Waals surface area contributed by atoms with Crippen LogP contribution in [0.15, 0.2) is 16.7 Å². The zero-order valence-corrected chi connectivity index (χ0v) is 5.26. The number of hydrogen-bond acceptors (Lipinski definition) is 2. The molecule has 0 amide bonds. The van der Waals surface area contributed by atoms with Gasteiger partial charge >= 0.3 is 0 Å². The molecule has 48 valence electrons. The fourth-order valence-corrected chi connectivity index (χ4v) is 0.914. The van der Waals surface area contributed by atoms with E-state index in [1.807, 2.05) is 13.0 Å². The molecule has 1 atom stereocenters. The molecular formula is C7H8O2. The SMILES string of the molecule is Cc1ccoc1[C@@H]1CO1. The van der Waals surface area contributed by atoms with Gasteiger partial charge in [-0.3, -0.25) is 0 Å². The van der Waals surface area contributed by atoms with Crippen LogP contribution in [0.3, 0.4) is 0 Å². The van der Waals surface area contributed by atoms with Crippen LogP contribution in [0.4, 0.5) is 0 Å². The smallest absolute Gasteiger partial charge is 0.139 e. The topological polar surface area (TPSA) is 25.7 Å². The number of rotatable bonds is 1. The van der Waals surface area contributed by atoms with E-state index in [0.29, 0.717) is 0 Å². The first kappa shape index (κ1) is 5.06. The van der Waals surface area contributed by atoms with Crippen molar-refractivity contribution < 1.29 is 9.15 Å². The van der Waals surface area contributed by atoms with Crippen molar-refractivity contribution in [1.82, 2.24) is 0 Å². The lowest BCUT2D eigenvalue weighted by molar-refractivity contribution is 0.369. The fraction of sp³-hybridized carbons (Fsp3) is 0.429. The molecule has 0 bridgehead atoms. The van der Waals surface area contributed by atoms with Crippen molar-refractivity contribution in [3.8, 4) is 0 Å². The van der Waals surface area contributed by atoms with Gasteiger partial charge in [-0.25, -0.2) is 0 Å². The lowest BCUT2D eigenvalue weighted by Crippen LogP contribution is -1.76. The van der Waals surface area contributed by atoms with Crippen molar-refractivity contribution >= 4 is 0 Å². The molecule has 0 spiro atoms. The summed E-state index contributed by atoms with van der Waals surface area (Å²) in [4.78, 5) is 0. The van der Waals surface area contributed by atoms with Crippen LogP contribution < -0.4 is 0 Å². The molecule has 0 aromatic carbocycles. The molecule has 2 heteroatoms. The number of furan rings is 1. The Morgan fingerprint density at radius 1 is 1.67 bits per heavy atom. The molecule has 1 aliphatic rings. The van der Waals surface area contributed by atoms with Gasteiger partial charge in [-0.05, 0) is 18.6 Å². The Morgan fingerprint density at radius 3 is 2.89 bits per heavy atom. The minimum absolute atomic E-state index is 0.264. The molecule has 1 fully saturated rings. The van der Waals surface area contributed by atoms with E-state index in [1.54, 1.807) is 6.26 Å². The molecule has 1 saturated heterocycles. The number of ether oxygens (including phenoxy) is 1. The normalized spacial score (nSPS) is 24.3. The van der Waals surface area contributed by atoms with Gasteiger partial charge in [0.15, 0.2) is 0 Å². The predicted octanol–water partition coefficient (Wildman–Crippen LogP) is 1.66. The molecule has 1 aromatic rings. The van der Waals surface area contributed by atoms with Gasteiger partial charge < -0.3 is 9.15 Å². The second-order valence-corrected chi connectivity index (χ2v) is 2.29. The molecule has 2 rings (SSSR count). The lowest BCUT2D eigenvalue weighted by atomic mass is 10.2. The second kappa shape index (κ2) is 1.61. The molecule has 1 aliphatic heterocycles. The maximum atomic E-state index is 5.16. The Hall–Kier alpha value is -0.760. The summed E-state index contributed by atoms with van der Waals surface area (Å²) in [6, 6.07) is 1.96. The Morgan fingerprint density at radius 2 is 2.44 bits per heavy atom. The third-order valence-corrected chi connectivity index (χ3v) is 1.53. The van der Waals surface area contributed by atoms with Crippen LogP contribution >= 0.6 is 0 Å². The van der Waals surface area contributed by atoms with Gasteiger partial charge in [-0.2, -0.15) is 0 Å². The highest BCUT2D eigenvalue weighted by Gasteiger charge is 2.29. The molecule has 0 unspecified atom stereocenters. The second-order valence-electron chi connectivity index (χ2n) is 2.29. The zero-order valence-electron chi connectivity index (χ0n) is 5.26. The van der Waals surface area contributed by atoms with Crippen molar-refractivity contribution in [2.75, 3.05) is 6.61 Å². The van der Waals surface area contributed by atoms with E-state index >= 15 is 0 Å². The number of aryl methyl sites for hydroxylation is 1. The Kier molecular flexibility index (Phi) is 0.904. The van der Waals surface area contributed by atoms with Crippen molar-refractivity contribution in [3.05, 3.63) is 23.7 Å². The standard InChI is InChI=1S/C7H8O2/c1-5-2-3-8-7(5)6-4-9-6/h2-3,6H,4H2,1H3/t6-/m0/s1. The summed E-state index contributed by atoms with van der Waals surface area (Å²) in [5, 5.41) is 0. The zero-order chi connectivity index (χ0) is 6.27. The number of epoxide rings is 1. The van der Waals surface area contributed by atoms with Crippen LogP contribution in [0, 0.1) is 6.92 Å². The van der Waals surface area contributed by atoms with E-state index in [0.717, 1.165) is 12.4 Å². The third-order valence-electron chi connectivity index (χ3n) is 1.53. The molecule has 2 nitrogen and oxygen atoms in total. The van der Waals surface area contributed by atoms with E-state index in [1.165, 1.54) is 5.56 Å². The van der Waals surface area contributed by atoms with E-state index in [2.05, 4.69) is 0 Å². The highest BCUT2D eigenvalue weighted by molar-refractivity contribution is 5.19. The highest BCUT2D eigenvalue weighted by Crippen LogP contribution is 2.32. The minimum Gasteiger partial charge on any atom is -0.466 e. The van der Waals surface area contributed by atoms with E-state index < -0.39 is 0 Å². The van der Waals surface area contributed by atoms with Crippen LogP contribution in [0.2, 0.25) is 0 Å². The van der Waals surface area contributed by atoms with Gasteiger partial charge in [0.2, 0.25) is 0 Å². The first-order valence-electron chi connectivity index (χ1n) is 3.03. The van der Waals surface area contributed by atoms with Crippen LogP contribution in [-0.4, -0.2) is 6.61 Å². The number of hydrogen-bond donors (Lipinski definition) is 0. The molecule has 0 aliphatic carbocycles. The Bertz CT molecular complexity index is 210. The Balaban J connectivity index is 2.35. The van der Waals surface area contributed by atoms with Crippen LogP contribution in [-0.2, 0) is 4.74 Å². The quantitative estimate of drug-likeness (QED) is 0.532. The van der Waals surface area contributed by atoms with Crippen LogP contribution in [0.25, 0.3) is 0 Å². The summed E-state index contributed by atoms with van der Waals surface area (Å²) in [7, 11) is 0. The monoisotopic (exact) mass is 124 g/mol. The summed E-state index contributed by atoms with van der Waals surface area (Å²) < 4.78 is 10.2. The van der Waals surface area contributed by atoms with Crippen LogP contribution in [0.5, 0.6) is 0 Å². The fourth-order valence-electron chi connectivity index (χ4n) is 0.914. The van der Waals surface area contributed by atoms with Crippen molar-refractivity contribution in [3.63, 3.8) is 0 Å². The van der Waals surface area contributed by atoms with E-state index in [-0.39, 0.29) is 6.10 Å². The summed E-state index contributed by atoms with van der Waals surface area (Å²) >= 11 is 0. The van der Waals surface area contributed by atoms with Crippen molar-refractivity contribution in [1.29, 1.82) is 0 Å². The predicted molar refractivity (Wildman–Crippen MR) is 32.1 cm³/mol. The molecule has 0 N–H and O–H groups in total. The first-order valence-corrected chi connectivity index (χ1v) is 3.03. The first-order chi connectivity index (χ1) is 4.38. The van der Waals surface area contributed by atoms with Gasteiger partial charge in [0.25, 0.3) is 0 Å². The summed E-state index contributed by atoms with van der Waals surface area (Å²) in [6.07, 6.45) is 1.96. The maximum Gasteiger partial charge on any atom is 0.139 e. The average Bonchev–Trinajstić information content (AvgIpc) is 2.58. The maximum absolute atomic E-state index is 5.16. The van der Waals surface area contributed by atoms with Crippen LogP contribution in [0.1, 0.15) is 17.4 Å². The minimum atomic E-state index is 0.264. The Labute approximate surface area is 53.4 Å². The van der Waals surface area contributed by atoms with Crippen molar-refractivity contribution in [2.45, 2.75) is 13.0 Å². The molecule has 0 radical (unpaired) electrons. The average molecular weight is 124 g/mol. The van der Waals surface area contributed by atoms with Crippen molar-refractivity contribution in [2.24, 2.45) is 0 Å². The molecular weight excluding hydrogens is 116 g/mol.